The van der Waals surface area contributed by atoms with E-state index in [0.29, 0.717) is 10.7 Å². The van der Waals surface area contributed by atoms with E-state index in [-0.39, 0.29) is 11.5 Å². The molecule has 0 N–H and O–H groups in total. The Morgan fingerprint density at radius 3 is 2.24 bits per heavy atom. The number of pyridine rings is 1. The molecule has 4 nitrogen and oxygen atoms in total. The second-order valence-electron chi connectivity index (χ2n) is 9.58. The first-order chi connectivity index (χ1) is 16.0. The van der Waals surface area contributed by atoms with Crippen molar-refractivity contribution in [2.75, 3.05) is 0 Å². The third-order valence-electron chi connectivity index (χ3n) is 5.82. The highest BCUT2D eigenvalue weighted by Crippen LogP contribution is 2.30. The van der Waals surface area contributed by atoms with Gasteiger partial charge in [0.25, 0.3) is 11.5 Å². The minimum Gasteiger partial charge on any atom is -0.311 e. The van der Waals surface area contributed by atoms with Crippen LogP contribution in [0.2, 0.25) is 5.02 Å². The van der Waals surface area contributed by atoms with E-state index in [1.807, 2.05) is 76.2 Å². The van der Waals surface area contributed by atoms with E-state index in [9.17, 15) is 9.59 Å². The van der Waals surface area contributed by atoms with Gasteiger partial charge < -0.3 is 4.57 Å². The third kappa shape index (κ3) is 4.73. The lowest BCUT2D eigenvalue weighted by molar-refractivity contribution is -0.124. The molecule has 0 saturated carbocycles. The molecular formula is C29H27ClN2O2. The first-order valence-electron chi connectivity index (χ1n) is 11.1. The number of nitrogens with zero attached hydrogens (tertiary/aromatic N) is 2. The zero-order valence-corrected chi connectivity index (χ0v) is 20.8. The Morgan fingerprint density at radius 1 is 0.912 bits per heavy atom. The molecule has 172 valence electrons. The molecule has 1 aromatic heterocycles. The molecule has 0 unspecified atom stereocenters. The summed E-state index contributed by atoms with van der Waals surface area (Å²) in [5.41, 5.74) is 5.20. The number of aromatic nitrogens is 1. The second-order valence-corrected chi connectivity index (χ2v) is 10.0. The van der Waals surface area contributed by atoms with Crippen molar-refractivity contribution >= 4 is 34.1 Å². The van der Waals surface area contributed by atoms with Gasteiger partial charge in [0.2, 0.25) is 0 Å². The van der Waals surface area contributed by atoms with Crippen molar-refractivity contribution < 1.29 is 4.79 Å². The fourth-order valence-electron chi connectivity index (χ4n) is 3.83. The largest absolute Gasteiger partial charge is 0.311 e. The van der Waals surface area contributed by atoms with Crippen molar-refractivity contribution in [3.63, 3.8) is 0 Å². The van der Waals surface area contributed by atoms with Gasteiger partial charge in [-0.3, -0.25) is 9.59 Å². The number of halogens is 1. The zero-order chi connectivity index (χ0) is 24.6. The predicted molar refractivity (Wildman–Crippen MR) is 141 cm³/mol. The van der Waals surface area contributed by atoms with E-state index < -0.39 is 5.41 Å². The number of rotatable bonds is 3. The first-order valence-corrected chi connectivity index (χ1v) is 11.5. The second kappa shape index (κ2) is 9.03. The molecular weight excluding hydrogens is 444 g/mol. The van der Waals surface area contributed by atoms with Crippen LogP contribution in [-0.2, 0) is 11.8 Å². The number of carbonyl (C=O) groups is 1. The van der Waals surface area contributed by atoms with Crippen molar-refractivity contribution in [3.8, 4) is 11.1 Å². The van der Waals surface area contributed by atoms with Crippen LogP contribution in [0.1, 0.15) is 37.5 Å². The third-order valence-corrected chi connectivity index (χ3v) is 6.07. The Hall–Kier alpha value is -3.50. The number of hydrogen-bond donors (Lipinski definition) is 0. The summed E-state index contributed by atoms with van der Waals surface area (Å²) < 4.78 is 1.64. The van der Waals surface area contributed by atoms with Crippen molar-refractivity contribution in [2.24, 2.45) is 17.5 Å². The van der Waals surface area contributed by atoms with Gasteiger partial charge in [0, 0.05) is 40.1 Å². The van der Waals surface area contributed by atoms with Gasteiger partial charge in [0.05, 0.1) is 11.2 Å². The number of benzene rings is 3. The summed E-state index contributed by atoms with van der Waals surface area (Å²) in [6.45, 7) is 7.58. The normalized spacial score (nSPS) is 12.2. The maximum atomic E-state index is 12.9. The maximum absolute atomic E-state index is 12.9. The molecule has 5 heteroatoms. The molecule has 0 bridgehead atoms. The van der Waals surface area contributed by atoms with Crippen LogP contribution < -0.4 is 5.56 Å². The molecule has 0 aliphatic carbocycles. The highest BCUT2D eigenvalue weighted by atomic mass is 35.5. The van der Waals surface area contributed by atoms with Crippen LogP contribution in [0, 0.1) is 12.3 Å². The molecule has 4 rings (SSSR count). The van der Waals surface area contributed by atoms with E-state index in [2.05, 4.69) is 11.1 Å². The molecule has 0 aliphatic rings. The number of amides is 1. The first kappa shape index (κ1) is 23.7. The molecule has 1 amide bonds. The average molecular weight is 471 g/mol. The molecule has 0 saturated heterocycles. The summed E-state index contributed by atoms with van der Waals surface area (Å²) in [4.78, 5) is 30.2. The highest BCUT2D eigenvalue weighted by Gasteiger charge is 2.22. The lowest BCUT2D eigenvalue weighted by Gasteiger charge is -2.16. The molecule has 4 aromatic rings. The molecule has 34 heavy (non-hydrogen) atoms. The highest BCUT2D eigenvalue weighted by molar-refractivity contribution is 6.30. The van der Waals surface area contributed by atoms with Crippen molar-refractivity contribution in [2.45, 2.75) is 27.7 Å². The van der Waals surface area contributed by atoms with Gasteiger partial charge in [-0.15, -0.1) is 0 Å². The Morgan fingerprint density at radius 2 is 1.59 bits per heavy atom. The maximum Gasteiger partial charge on any atom is 0.251 e. The van der Waals surface area contributed by atoms with Crippen molar-refractivity contribution in [3.05, 3.63) is 105 Å². The van der Waals surface area contributed by atoms with Crippen molar-refractivity contribution in [1.29, 1.82) is 0 Å². The smallest absolute Gasteiger partial charge is 0.251 e. The standard InChI is InChI=1S/C29H27ClN2O2/c1-18-7-6-8-20(15-18)23-17-26(33)32(5)25-14-11-21(16-24(23)25)27(31-28(34)29(2,3)4)19-9-12-22(30)13-10-19/h6-17H,1-5H3. The van der Waals surface area contributed by atoms with Gasteiger partial charge in [-0.1, -0.05) is 80.4 Å². The zero-order valence-electron chi connectivity index (χ0n) is 20.0. The lowest BCUT2D eigenvalue weighted by Crippen LogP contribution is -2.20. The number of aryl methyl sites for hydroxylation is 2. The van der Waals surface area contributed by atoms with Crippen LogP contribution in [0.3, 0.4) is 0 Å². The van der Waals surface area contributed by atoms with Crippen LogP contribution in [0.4, 0.5) is 0 Å². The van der Waals surface area contributed by atoms with Gasteiger partial charge in [-0.05, 0) is 42.3 Å². The van der Waals surface area contributed by atoms with Gasteiger partial charge in [-0.2, -0.15) is 0 Å². The van der Waals surface area contributed by atoms with E-state index >= 15 is 0 Å². The average Bonchev–Trinajstić information content (AvgIpc) is 2.79. The predicted octanol–water partition coefficient (Wildman–Crippen LogP) is 6.58. The minimum atomic E-state index is -0.620. The number of hydrogen-bond acceptors (Lipinski definition) is 2. The fraction of sp³-hybridized carbons (Fsp3) is 0.207. The van der Waals surface area contributed by atoms with Crippen LogP contribution in [0.25, 0.3) is 22.0 Å². The van der Waals surface area contributed by atoms with Crippen LogP contribution in [0.5, 0.6) is 0 Å². The molecule has 0 radical (unpaired) electrons. The molecule has 0 spiro atoms. The van der Waals surface area contributed by atoms with Crippen molar-refractivity contribution in [1.82, 2.24) is 4.57 Å². The van der Waals surface area contributed by atoms with E-state index in [1.165, 1.54) is 0 Å². The Balaban J connectivity index is 2.01. The topological polar surface area (TPSA) is 51.4 Å². The summed E-state index contributed by atoms with van der Waals surface area (Å²) >= 11 is 6.11. The molecule has 0 aliphatic heterocycles. The van der Waals surface area contributed by atoms with Gasteiger partial charge >= 0.3 is 0 Å². The van der Waals surface area contributed by atoms with Gasteiger partial charge in [-0.25, -0.2) is 4.99 Å². The fourth-order valence-corrected chi connectivity index (χ4v) is 3.96. The minimum absolute atomic E-state index is 0.0775. The summed E-state index contributed by atoms with van der Waals surface area (Å²) in [5.74, 6) is -0.211. The van der Waals surface area contributed by atoms with Gasteiger partial charge in [0.15, 0.2) is 0 Å². The number of carbonyl (C=O) groups excluding carboxylic acids is 1. The van der Waals surface area contributed by atoms with Crippen LogP contribution in [0.15, 0.2) is 82.6 Å². The summed E-state index contributed by atoms with van der Waals surface area (Å²) in [6, 6.07) is 22.9. The molecule has 1 heterocycles. The molecule has 3 aromatic carbocycles. The molecule has 0 fully saturated rings. The monoisotopic (exact) mass is 470 g/mol. The number of aliphatic imine (C=N–C) groups is 1. The lowest BCUT2D eigenvalue weighted by atomic mass is 9.93. The Kier molecular flexibility index (Phi) is 6.28. The molecule has 0 atom stereocenters. The Bertz CT molecular complexity index is 1490. The van der Waals surface area contributed by atoms with E-state index in [4.69, 9.17) is 11.6 Å². The van der Waals surface area contributed by atoms with Gasteiger partial charge in [0.1, 0.15) is 0 Å². The van der Waals surface area contributed by atoms with Crippen LogP contribution in [-0.4, -0.2) is 16.2 Å². The SMILES string of the molecule is Cc1cccc(-c2cc(=O)n(C)c3ccc(C(=NC(=O)C(C)(C)C)c4ccc(Cl)cc4)cc23)c1. The van der Waals surface area contributed by atoms with Crippen LogP contribution >= 0.6 is 11.6 Å². The van der Waals surface area contributed by atoms with E-state index in [0.717, 1.165) is 38.7 Å². The summed E-state index contributed by atoms with van der Waals surface area (Å²) in [5, 5.41) is 1.52. The quantitative estimate of drug-likeness (QED) is 0.317. The van der Waals surface area contributed by atoms with E-state index in [1.54, 1.807) is 29.8 Å². The summed E-state index contributed by atoms with van der Waals surface area (Å²) in [6.07, 6.45) is 0. The number of fused-ring (bicyclic) bond motifs is 1. The summed E-state index contributed by atoms with van der Waals surface area (Å²) in [7, 11) is 1.77. The Labute approximate surface area is 204 Å².